The first-order valence-corrected chi connectivity index (χ1v) is 5.41. The number of nitrogens with one attached hydrogen (secondary N) is 1. The van der Waals surface area contributed by atoms with Gasteiger partial charge in [0.05, 0.1) is 6.61 Å². The molecule has 0 aliphatic carbocycles. The molecule has 4 nitrogen and oxygen atoms in total. The summed E-state index contributed by atoms with van der Waals surface area (Å²) in [5.41, 5.74) is 0. The summed E-state index contributed by atoms with van der Waals surface area (Å²) >= 11 is 0. The van der Waals surface area contributed by atoms with E-state index < -0.39 is 6.04 Å². The molecule has 15 heavy (non-hydrogen) atoms. The summed E-state index contributed by atoms with van der Waals surface area (Å²) in [6.45, 7) is 7.75. The lowest BCUT2D eigenvalue weighted by molar-refractivity contribution is -0.148. The van der Waals surface area contributed by atoms with Crippen LogP contribution in [0, 0.1) is 5.92 Å². The van der Waals surface area contributed by atoms with E-state index in [-0.39, 0.29) is 11.9 Å². The van der Waals surface area contributed by atoms with Crippen molar-refractivity contribution in [1.82, 2.24) is 5.32 Å². The standard InChI is InChI=1S/C11H21NO3/c1-5-6-15-11(14)10(7-8(2)3)12-9(4)13/h8,10H,5-7H2,1-4H3,(H,12,13)/t10-/m0/s1. The van der Waals surface area contributed by atoms with Gasteiger partial charge in [0.15, 0.2) is 0 Å². The van der Waals surface area contributed by atoms with Crippen molar-refractivity contribution in [3.63, 3.8) is 0 Å². The van der Waals surface area contributed by atoms with Crippen LogP contribution in [-0.4, -0.2) is 24.5 Å². The Morgan fingerprint density at radius 2 is 1.93 bits per heavy atom. The minimum absolute atomic E-state index is 0.200. The van der Waals surface area contributed by atoms with Crippen LogP contribution in [0.25, 0.3) is 0 Å². The van der Waals surface area contributed by atoms with Crippen molar-refractivity contribution in [2.24, 2.45) is 5.92 Å². The van der Waals surface area contributed by atoms with Gasteiger partial charge in [0, 0.05) is 6.92 Å². The third-order valence-electron chi connectivity index (χ3n) is 1.82. The highest BCUT2D eigenvalue weighted by Crippen LogP contribution is 2.06. The molecule has 1 atom stereocenters. The van der Waals surface area contributed by atoms with E-state index in [4.69, 9.17) is 4.74 Å². The topological polar surface area (TPSA) is 55.4 Å². The fourth-order valence-electron chi connectivity index (χ4n) is 1.23. The van der Waals surface area contributed by atoms with Crippen molar-refractivity contribution in [2.75, 3.05) is 6.61 Å². The van der Waals surface area contributed by atoms with Gasteiger partial charge in [0.1, 0.15) is 6.04 Å². The zero-order chi connectivity index (χ0) is 11.8. The van der Waals surface area contributed by atoms with Gasteiger partial charge in [-0.25, -0.2) is 4.79 Å². The summed E-state index contributed by atoms with van der Waals surface area (Å²) in [7, 11) is 0. The molecule has 1 amide bonds. The highest BCUT2D eigenvalue weighted by Gasteiger charge is 2.21. The second-order valence-corrected chi connectivity index (χ2v) is 4.05. The Hall–Kier alpha value is -1.06. The highest BCUT2D eigenvalue weighted by molar-refractivity contribution is 5.83. The van der Waals surface area contributed by atoms with E-state index in [0.717, 1.165) is 6.42 Å². The average Bonchev–Trinajstić information content (AvgIpc) is 2.11. The Balaban J connectivity index is 4.20. The van der Waals surface area contributed by atoms with Crippen molar-refractivity contribution in [2.45, 2.75) is 46.6 Å². The van der Waals surface area contributed by atoms with Gasteiger partial charge in [0.25, 0.3) is 0 Å². The van der Waals surface area contributed by atoms with E-state index >= 15 is 0 Å². The van der Waals surface area contributed by atoms with Crippen molar-refractivity contribution in [1.29, 1.82) is 0 Å². The summed E-state index contributed by atoms with van der Waals surface area (Å²) in [5.74, 6) is -0.189. The van der Waals surface area contributed by atoms with Gasteiger partial charge in [-0.15, -0.1) is 0 Å². The van der Waals surface area contributed by atoms with Crippen LogP contribution in [0.3, 0.4) is 0 Å². The second-order valence-electron chi connectivity index (χ2n) is 4.05. The van der Waals surface area contributed by atoms with Crippen molar-refractivity contribution >= 4 is 11.9 Å². The third-order valence-corrected chi connectivity index (χ3v) is 1.82. The van der Waals surface area contributed by atoms with E-state index in [0.29, 0.717) is 18.9 Å². The van der Waals surface area contributed by atoms with Gasteiger partial charge in [-0.2, -0.15) is 0 Å². The van der Waals surface area contributed by atoms with E-state index in [1.165, 1.54) is 6.92 Å². The number of hydrogen-bond donors (Lipinski definition) is 1. The zero-order valence-electron chi connectivity index (χ0n) is 10.0. The Labute approximate surface area is 91.4 Å². The number of amides is 1. The minimum atomic E-state index is -0.506. The summed E-state index contributed by atoms with van der Waals surface area (Å²) in [4.78, 5) is 22.4. The molecule has 0 saturated heterocycles. The van der Waals surface area contributed by atoms with E-state index in [9.17, 15) is 9.59 Å². The van der Waals surface area contributed by atoms with Crippen LogP contribution in [0.4, 0.5) is 0 Å². The number of carbonyl (C=O) groups excluding carboxylic acids is 2. The number of rotatable bonds is 6. The van der Waals surface area contributed by atoms with Gasteiger partial charge < -0.3 is 10.1 Å². The fraction of sp³-hybridized carbons (Fsp3) is 0.818. The summed E-state index contributed by atoms with van der Waals surface area (Å²) < 4.78 is 5.00. The molecule has 0 saturated carbocycles. The Bertz CT molecular complexity index is 214. The van der Waals surface area contributed by atoms with Crippen LogP contribution in [0.15, 0.2) is 0 Å². The molecule has 4 heteroatoms. The molecule has 0 spiro atoms. The van der Waals surface area contributed by atoms with Crippen molar-refractivity contribution in [3.05, 3.63) is 0 Å². The molecule has 0 aliphatic rings. The summed E-state index contributed by atoms with van der Waals surface area (Å²) in [5, 5.41) is 2.61. The molecule has 0 fully saturated rings. The predicted molar refractivity (Wildman–Crippen MR) is 58.3 cm³/mol. The van der Waals surface area contributed by atoms with Gasteiger partial charge >= 0.3 is 5.97 Å². The first kappa shape index (κ1) is 13.9. The number of carbonyl (C=O) groups is 2. The van der Waals surface area contributed by atoms with Gasteiger partial charge in [-0.1, -0.05) is 20.8 Å². The lowest BCUT2D eigenvalue weighted by Crippen LogP contribution is -2.41. The molecular weight excluding hydrogens is 194 g/mol. The molecule has 0 heterocycles. The van der Waals surface area contributed by atoms with Crippen molar-refractivity contribution < 1.29 is 14.3 Å². The third kappa shape index (κ3) is 6.94. The van der Waals surface area contributed by atoms with Crippen LogP contribution in [0.1, 0.15) is 40.5 Å². The smallest absolute Gasteiger partial charge is 0.328 e. The predicted octanol–water partition coefficient (Wildman–Crippen LogP) is 1.49. The lowest BCUT2D eigenvalue weighted by atomic mass is 10.0. The summed E-state index contributed by atoms with van der Waals surface area (Å²) in [6, 6.07) is -0.506. The Morgan fingerprint density at radius 1 is 1.33 bits per heavy atom. The van der Waals surface area contributed by atoms with Crippen LogP contribution in [0.5, 0.6) is 0 Å². The first-order chi connectivity index (χ1) is 6.97. The monoisotopic (exact) mass is 215 g/mol. The van der Waals surface area contributed by atoms with E-state index in [1.807, 2.05) is 20.8 Å². The van der Waals surface area contributed by atoms with Gasteiger partial charge in [-0.05, 0) is 18.8 Å². The fourth-order valence-corrected chi connectivity index (χ4v) is 1.23. The maximum atomic E-state index is 11.5. The number of hydrogen-bond acceptors (Lipinski definition) is 3. The van der Waals surface area contributed by atoms with Crippen LogP contribution < -0.4 is 5.32 Å². The lowest BCUT2D eigenvalue weighted by Gasteiger charge is -2.18. The molecule has 0 aromatic heterocycles. The van der Waals surface area contributed by atoms with Gasteiger partial charge in [0.2, 0.25) is 5.91 Å². The largest absolute Gasteiger partial charge is 0.464 e. The molecule has 0 bridgehead atoms. The molecule has 0 rings (SSSR count). The maximum absolute atomic E-state index is 11.5. The first-order valence-electron chi connectivity index (χ1n) is 5.41. The molecule has 0 aromatic carbocycles. The van der Waals surface area contributed by atoms with Crippen LogP contribution in [0.2, 0.25) is 0 Å². The normalized spacial score (nSPS) is 12.3. The molecule has 0 aromatic rings. The van der Waals surface area contributed by atoms with Crippen molar-refractivity contribution in [3.8, 4) is 0 Å². The zero-order valence-corrected chi connectivity index (χ0v) is 10.0. The summed E-state index contributed by atoms with van der Waals surface area (Å²) in [6.07, 6.45) is 1.41. The highest BCUT2D eigenvalue weighted by atomic mass is 16.5. The molecule has 0 unspecified atom stereocenters. The van der Waals surface area contributed by atoms with Gasteiger partial charge in [-0.3, -0.25) is 4.79 Å². The molecule has 0 radical (unpaired) electrons. The molecule has 0 aliphatic heterocycles. The SMILES string of the molecule is CCCOC(=O)[C@H](CC(C)C)NC(C)=O. The second kappa shape index (κ2) is 7.26. The van der Waals surface area contributed by atoms with Crippen LogP contribution >= 0.6 is 0 Å². The number of esters is 1. The Kier molecular flexibility index (Phi) is 6.75. The Morgan fingerprint density at radius 3 is 2.33 bits per heavy atom. The number of ether oxygens (including phenoxy) is 1. The minimum Gasteiger partial charge on any atom is -0.464 e. The van der Waals surface area contributed by atoms with Crippen LogP contribution in [-0.2, 0) is 14.3 Å². The molecule has 1 N–H and O–H groups in total. The average molecular weight is 215 g/mol. The molecular formula is C11H21NO3. The molecule has 88 valence electrons. The quantitative estimate of drug-likeness (QED) is 0.683. The maximum Gasteiger partial charge on any atom is 0.328 e. The van der Waals surface area contributed by atoms with E-state index in [1.54, 1.807) is 0 Å². The van der Waals surface area contributed by atoms with E-state index in [2.05, 4.69) is 5.32 Å².